The van der Waals surface area contributed by atoms with Crippen molar-refractivity contribution in [1.82, 2.24) is 0 Å². The number of nitro benzene ring substituents is 1. The number of non-ortho nitro benzene ring substituents is 1. The summed E-state index contributed by atoms with van der Waals surface area (Å²) in [4.78, 5) is 34.3. The number of nitrogens with zero attached hydrogens (tertiary/aromatic N) is 1. The van der Waals surface area contributed by atoms with Gasteiger partial charge in [-0.25, -0.2) is 4.79 Å². The quantitative estimate of drug-likeness (QED) is 0.247. The number of esters is 1. The molecule has 2 aromatic carbocycles. The van der Waals surface area contributed by atoms with Crippen molar-refractivity contribution in [2.75, 3.05) is 0 Å². The molecule has 0 aliphatic rings. The molecule has 2 aromatic rings. The SMILES string of the molecule is CCc1ccc(C(=O)C(C)OC(=O)/C=C/c2ccc([N+](=O)[O-])cc2)cc1. The number of carbonyl (C=O) groups is 2. The molecule has 6 nitrogen and oxygen atoms in total. The second-order valence-electron chi connectivity index (χ2n) is 5.68. The Bertz CT molecular complexity index is 822. The van der Waals surface area contributed by atoms with Crippen LogP contribution in [-0.2, 0) is 16.0 Å². The van der Waals surface area contributed by atoms with Crippen molar-refractivity contribution in [2.24, 2.45) is 0 Å². The van der Waals surface area contributed by atoms with Gasteiger partial charge in [-0.3, -0.25) is 14.9 Å². The molecule has 2 rings (SSSR count). The molecule has 0 fully saturated rings. The van der Waals surface area contributed by atoms with Crippen molar-refractivity contribution in [3.63, 3.8) is 0 Å². The van der Waals surface area contributed by atoms with Crippen LogP contribution in [0.4, 0.5) is 5.69 Å². The molecule has 0 aliphatic carbocycles. The van der Waals surface area contributed by atoms with E-state index in [9.17, 15) is 19.7 Å². The molecule has 6 heteroatoms. The minimum absolute atomic E-state index is 0.0296. The highest BCUT2D eigenvalue weighted by Gasteiger charge is 2.18. The summed E-state index contributed by atoms with van der Waals surface area (Å²) >= 11 is 0. The van der Waals surface area contributed by atoms with Gasteiger partial charge in [-0.1, -0.05) is 31.2 Å². The highest BCUT2D eigenvalue weighted by molar-refractivity contribution is 6.01. The van der Waals surface area contributed by atoms with E-state index in [0.717, 1.165) is 12.0 Å². The lowest BCUT2D eigenvalue weighted by molar-refractivity contribution is -0.384. The van der Waals surface area contributed by atoms with Gasteiger partial charge in [-0.05, 0) is 42.7 Å². The molecule has 1 atom stereocenters. The summed E-state index contributed by atoms with van der Waals surface area (Å²) in [6.07, 6.45) is 2.63. The number of nitro groups is 1. The molecule has 0 bridgehead atoms. The van der Waals surface area contributed by atoms with E-state index in [1.165, 1.54) is 43.3 Å². The van der Waals surface area contributed by atoms with Gasteiger partial charge in [0.15, 0.2) is 6.10 Å². The number of Topliss-reactive ketones (excluding diaryl/α,β-unsaturated/α-hetero) is 1. The molecule has 0 heterocycles. The molecule has 0 radical (unpaired) electrons. The maximum atomic E-state index is 12.3. The number of ether oxygens (including phenoxy) is 1. The van der Waals surface area contributed by atoms with E-state index in [4.69, 9.17) is 4.74 Å². The van der Waals surface area contributed by atoms with Crippen LogP contribution in [0, 0.1) is 10.1 Å². The largest absolute Gasteiger partial charge is 0.451 e. The Morgan fingerprint density at radius 3 is 2.27 bits per heavy atom. The van der Waals surface area contributed by atoms with Crippen molar-refractivity contribution in [2.45, 2.75) is 26.4 Å². The standard InChI is InChI=1S/C20H19NO5/c1-3-15-4-9-17(10-5-15)20(23)14(2)26-19(22)13-8-16-6-11-18(12-7-16)21(24)25/h4-14H,3H2,1-2H3/b13-8+. The Labute approximate surface area is 151 Å². The van der Waals surface area contributed by atoms with Gasteiger partial charge in [-0.2, -0.15) is 0 Å². The molecular weight excluding hydrogens is 334 g/mol. The molecule has 0 aromatic heterocycles. The van der Waals surface area contributed by atoms with Gasteiger partial charge >= 0.3 is 5.97 Å². The maximum Gasteiger partial charge on any atom is 0.331 e. The Morgan fingerprint density at radius 2 is 1.73 bits per heavy atom. The molecule has 1 unspecified atom stereocenters. The number of hydrogen-bond acceptors (Lipinski definition) is 5. The number of aryl methyl sites for hydroxylation is 1. The first-order chi connectivity index (χ1) is 12.4. The van der Waals surface area contributed by atoms with Gasteiger partial charge in [0.25, 0.3) is 5.69 Å². The molecule has 0 saturated heterocycles. The normalized spacial score (nSPS) is 11.9. The average Bonchev–Trinajstić information content (AvgIpc) is 2.66. The molecule has 26 heavy (non-hydrogen) atoms. The van der Waals surface area contributed by atoms with Crippen LogP contribution in [0.1, 0.15) is 35.3 Å². The first-order valence-corrected chi connectivity index (χ1v) is 8.17. The summed E-state index contributed by atoms with van der Waals surface area (Å²) < 4.78 is 5.12. The van der Waals surface area contributed by atoms with Crippen LogP contribution in [0.2, 0.25) is 0 Å². The van der Waals surface area contributed by atoms with Crippen LogP contribution in [0.5, 0.6) is 0 Å². The summed E-state index contributed by atoms with van der Waals surface area (Å²) in [5, 5.41) is 10.6. The predicted molar refractivity (Wildman–Crippen MR) is 97.8 cm³/mol. The molecule has 0 saturated carbocycles. The number of rotatable bonds is 7. The summed E-state index contributed by atoms with van der Waals surface area (Å²) in [7, 11) is 0. The van der Waals surface area contributed by atoms with Gasteiger partial charge in [0.2, 0.25) is 5.78 Å². The van der Waals surface area contributed by atoms with Crippen molar-refractivity contribution < 1.29 is 19.2 Å². The van der Waals surface area contributed by atoms with E-state index < -0.39 is 17.0 Å². The molecule has 0 spiro atoms. The maximum absolute atomic E-state index is 12.3. The van der Waals surface area contributed by atoms with Crippen LogP contribution in [0.15, 0.2) is 54.6 Å². The van der Waals surface area contributed by atoms with E-state index in [1.807, 2.05) is 19.1 Å². The second kappa shape index (κ2) is 8.71. The van der Waals surface area contributed by atoms with E-state index in [-0.39, 0.29) is 11.5 Å². The fourth-order valence-electron chi connectivity index (χ4n) is 2.28. The van der Waals surface area contributed by atoms with Gasteiger partial charge < -0.3 is 4.74 Å². The predicted octanol–water partition coefficient (Wildman–Crippen LogP) is 3.99. The van der Waals surface area contributed by atoms with Crippen LogP contribution in [0.3, 0.4) is 0 Å². The smallest absolute Gasteiger partial charge is 0.331 e. The summed E-state index contributed by atoms with van der Waals surface area (Å²) in [6, 6.07) is 12.9. The monoisotopic (exact) mass is 353 g/mol. The van der Waals surface area contributed by atoms with E-state index in [0.29, 0.717) is 11.1 Å². The molecule has 0 aliphatic heterocycles. The first kappa shape index (κ1) is 19.1. The third-order valence-electron chi connectivity index (χ3n) is 3.82. The molecular formula is C20H19NO5. The minimum atomic E-state index is -0.906. The highest BCUT2D eigenvalue weighted by Crippen LogP contribution is 2.13. The molecule has 0 N–H and O–H groups in total. The van der Waals surface area contributed by atoms with Gasteiger partial charge in [0.05, 0.1) is 4.92 Å². The van der Waals surface area contributed by atoms with E-state index in [2.05, 4.69) is 0 Å². The van der Waals surface area contributed by atoms with Crippen LogP contribution < -0.4 is 0 Å². The fourth-order valence-corrected chi connectivity index (χ4v) is 2.28. The first-order valence-electron chi connectivity index (χ1n) is 8.17. The van der Waals surface area contributed by atoms with E-state index in [1.54, 1.807) is 12.1 Å². The van der Waals surface area contributed by atoms with E-state index >= 15 is 0 Å². The zero-order valence-corrected chi connectivity index (χ0v) is 14.5. The lowest BCUT2D eigenvalue weighted by Gasteiger charge is -2.11. The Hall–Kier alpha value is -3.28. The number of ketones is 1. The lowest BCUT2D eigenvalue weighted by Crippen LogP contribution is -2.23. The van der Waals surface area contributed by atoms with Gasteiger partial charge in [-0.15, -0.1) is 0 Å². The van der Waals surface area contributed by atoms with Crippen molar-refractivity contribution >= 4 is 23.5 Å². The number of benzene rings is 2. The Kier molecular flexibility index (Phi) is 6.38. The van der Waals surface area contributed by atoms with Crippen molar-refractivity contribution in [3.05, 3.63) is 81.4 Å². The van der Waals surface area contributed by atoms with Crippen LogP contribution in [-0.4, -0.2) is 22.8 Å². The second-order valence-corrected chi connectivity index (χ2v) is 5.68. The third kappa shape index (κ3) is 5.11. The Morgan fingerprint density at radius 1 is 1.12 bits per heavy atom. The summed E-state index contributed by atoms with van der Waals surface area (Å²) in [6.45, 7) is 3.55. The minimum Gasteiger partial charge on any atom is -0.451 e. The van der Waals surface area contributed by atoms with Gasteiger partial charge in [0, 0.05) is 23.8 Å². The topological polar surface area (TPSA) is 86.5 Å². The zero-order chi connectivity index (χ0) is 19.1. The number of carbonyl (C=O) groups excluding carboxylic acids is 2. The average molecular weight is 353 g/mol. The molecule has 134 valence electrons. The Balaban J connectivity index is 1.94. The van der Waals surface area contributed by atoms with Crippen LogP contribution >= 0.6 is 0 Å². The summed E-state index contributed by atoms with van der Waals surface area (Å²) in [5.74, 6) is -0.931. The molecule has 0 amide bonds. The fraction of sp³-hybridized carbons (Fsp3) is 0.200. The van der Waals surface area contributed by atoms with Gasteiger partial charge in [0.1, 0.15) is 0 Å². The number of hydrogen-bond donors (Lipinski definition) is 0. The van der Waals surface area contributed by atoms with Crippen molar-refractivity contribution in [1.29, 1.82) is 0 Å². The zero-order valence-electron chi connectivity index (χ0n) is 14.5. The highest BCUT2D eigenvalue weighted by atomic mass is 16.6. The summed E-state index contributed by atoms with van der Waals surface area (Å²) in [5.41, 5.74) is 2.19. The lowest BCUT2D eigenvalue weighted by atomic mass is 10.0. The third-order valence-corrected chi connectivity index (χ3v) is 3.82. The van der Waals surface area contributed by atoms with Crippen molar-refractivity contribution in [3.8, 4) is 0 Å². The van der Waals surface area contributed by atoms with Crippen LogP contribution in [0.25, 0.3) is 6.08 Å².